The van der Waals surface area contributed by atoms with E-state index < -0.39 is 7.12 Å². The van der Waals surface area contributed by atoms with Gasteiger partial charge in [-0.3, -0.25) is 0 Å². The smallest absolute Gasteiger partial charge is 0.488 e. The van der Waals surface area contributed by atoms with Gasteiger partial charge in [0.15, 0.2) is 0 Å². The maximum Gasteiger partial charge on any atom is 0.488 e. The molecule has 0 aromatic heterocycles. The van der Waals surface area contributed by atoms with Crippen LogP contribution in [0.4, 0.5) is 0 Å². The number of hydrogen-bond donors (Lipinski definition) is 2. The van der Waals surface area contributed by atoms with Gasteiger partial charge in [-0.05, 0) is 101 Å². The van der Waals surface area contributed by atoms with Gasteiger partial charge >= 0.3 is 7.12 Å². The first-order valence-corrected chi connectivity index (χ1v) is 20.5. The summed E-state index contributed by atoms with van der Waals surface area (Å²) in [5.74, 6) is 1.82. The number of halogens is 1. The predicted molar refractivity (Wildman–Crippen MR) is 256 cm³/mol. The fraction of sp³-hybridized carbons (Fsp3) is 0.0370. The van der Waals surface area contributed by atoms with Gasteiger partial charge in [0, 0.05) is 15.2 Å². The Kier molecular flexibility index (Phi) is 12.4. The minimum absolute atomic E-state index is 0.504. The number of methoxy groups -OCH3 is 2. The Labute approximate surface area is 359 Å². The standard InChI is InChI=1S/C27H20O.C16H13BO2.C11H9BrO/c1-28-27-17-16-24(25-8-4-5-9-26(25)27)21-13-10-20(11-14-21)23-15-12-19-6-2-3-7-22(19)18-23;18-17(19)16-9-7-13(8-10-16)15-6-5-12-3-1-2-4-14(12)11-15;1-13-11-7-6-10(12)8-4-2-3-5-9(8)11/h2-18H,1H3;1-11,18-19H;2-7H,1H3. The maximum atomic E-state index is 9.08. The van der Waals surface area contributed by atoms with Gasteiger partial charge in [0.25, 0.3) is 0 Å². The van der Waals surface area contributed by atoms with Crippen LogP contribution in [0.15, 0.2) is 211 Å². The first kappa shape index (κ1) is 40.1. The summed E-state index contributed by atoms with van der Waals surface area (Å²) in [4.78, 5) is 0. The van der Waals surface area contributed by atoms with Crippen LogP contribution in [-0.4, -0.2) is 31.4 Å². The largest absolute Gasteiger partial charge is 0.496 e. The molecular formula is C54H42BBrO4. The van der Waals surface area contributed by atoms with E-state index in [0.717, 1.165) is 37.9 Å². The molecule has 10 aromatic carbocycles. The first-order chi connectivity index (χ1) is 29.4. The van der Waals surface area contributed by atoms with Crippen molar-refractivity contribution in [2.75, 3.05) is 14.2 Å². The van der Waals surface area contributed by atoms with E-state index in [-0.39, 0.29) is 0 Å². The lowest BCUT2D eigenvalue weighted by atomic mass is 9.80. The fourth-order valence-corrected chi connectivity index (χ4v) is 8.02. The van der Waals surface area contributed by atoms with Crippen LogP contribution in [0.1, 0.15) is 0 Å². The number of hydrogen-bond acceptors (Lipinski definition) is 4. The van der Waals surface area contributed by atoms with E-state index >= 15 is 0 Å². The first-order valence-electron chi connectivity index (χ1n) is 19.7. The van der Waals surface area contributed by atoms with Crippen molar-refractivity contribution in [2.24, 2.45) is 0 Å². The van der Waals surface area contributed by atoms with E-state index in [9.17, 15) is 0 Å². The van der Waals surface area contributed by atoms with E-state index in [1.807, 2.05) is 48.5 Å². The molecule has 10 aromatic rings. The summed E-state index contributed by atoms with van der Waals surface area (Å²) in [6, 6.07) is 70.5. The van der Waals surface area contributed by atoms with Gasteiger partial charge in [-0.1, -0.05) is 192 Å². The van der Waals surface area contributed by atoms with E-state index in [1.165, 1.54) is 54.6 Å². The van der Waals surface area contributed by atoms with Crippen LogP contribution in [0.5, 0.6) is 11.5 Å². The Balaban J connectivity index is 0.000000135. The minimum atomic E-state index is -1.41. The normalized spacial score (nSPS) is 10.8. The lowest BCUT2D eigenvalue weighted by molar-refractivity contribution is 0.419. The van der Waals surface area contributed by atoms with Crippen molar-refractivity contribution >= 4 is 71.6 Å². The third-order valence-corrected chi connectivity index (χ3v) is 11.4. The maximum absolute atomic E-state index is 9.08. The Morgan fingerprint density at radius 3 is 1.28 bits per heavy atom. The van der Waals surface area contributed by atoms with Crippen molar-refractivity contribution in [3.05, 3.63) is 211 Å². The van der Waals surface area contributed by atoms with Crippen molar-refractivity contribution in [1.82, 2.24) is 0 Å². The summed E-state index contributed by atoms with van der Waals surface area (Å²) >= 11 is 3.50. The second kappa shape index (κ2) is 18.5. The molecule has 0 aliphatic heterocycles. The zero-order valence-corrected chi connectivity index (χ0v) is 34.9. The molecule has 0 unspecified atom stereocenters. The van der Waals surface area contributed by atoms with Gasteiger partial charge in [-0.25, -0.2) is 0 Å². The van der Waals surface area contributed by atoms with Crippen molar-refractivity contribution in [3.8, 4) is 44.9 Å². The molecule has 0 radical (unpaired) electrons. The van der Waals surface area contributed by atoms with Gasteiger partial charge in [-0.2, -0.15) is 0 Å². The summed E-state index contributed by atoms with van der Waals surface area (Å²) in [6.07, 6.45) is 0. The highest BCUT2D eigenvalue weighted by Crippen LogP contribution is 2.36. The molecule has 0 aliphatic carbocycles. The molecule has 2 N–H and O–H groups in total. The number of fused-ring (bicyclic) bond motifs is 4. The average molecular weight is 846 g/mol. The van der Waals surface area contributed by atoms with Gasteiger partial charge in [-0.15, -0.1) is 0 Å². The van der Waals surface area contributed by atoms with Crippen LogP contribution < -0.4 is 14.9 Å². The lowest BCUT2D eigenvalue weighted by Crippen LogP contribution is -2.29. The molecule has 0 fully saturated rings. The number of ether oxygens (including phenoxy) is 2. The Morgan fingerprint density at radius 1 is 0.367 bits per heavy atom. The molecule has 60 heavy (non-hydrogen) atoms. The Hall–Kier alpha value is -6.70. The van der Waals surface area contributed by atoms with Gasteiger partial charge in [0.2, 0.25) is 0 Å². The van der Waals surface area contributed by atoms with Crippen LogP contribution in [0.25, 0.3) is 76.5 Å². The third-order valence-electron chi connectivity index (χ3n) is 10.7. The molecule has 0 bridgehead atoms. The third kappa shape index (κ3) is 8.82. The highest BCUT2D eigenvalue weighted by Gasteiger charge is 2.11. The highest BCUT2D eigenvalue weighted by molar-refractivity contribution is 9.10. The van der Waals surface area contributed by atoms with Crippen LogP contribution in [0.3, 0.4) is 0 Å². The second-order valence-corrected chi connectivity index (χ2v) is 15.2. The van der Waals surface area contributed by atoms with Crippen LogP contribution in [0.2, 0.25) is 0 Å². The molecule has 0 saturated carbocycles. The van der Waals surface area contributed by atoms with Crippen molar-refractivity contribution in [1.29, 1.82) is 0 Å². The van der Waals surface area contributed by atoms with Crippen LogP contribution in [-0.2, 0) is 0 Å². The molecule has 10 rings (SSSR count). The monoisotopic (exact) mass is 844 g/mol. The summed E-state index contributed by atoms with van der Waals surface area (Å²) in [7, 11) is 2.00. The topological polar surface area (TPSA) is 58.9 Å². The van der Waals surface area contributed by atoms with Crippen LogP contribution in [0, 0.1) is 0 Å². The summed E-state index contributed by atoms with van der Waals surface area (Å²) in [5.41, 5.74) is 7.60. The van der Waals surface area contributed by atoms with Crippen molar-refractivity contribution in [2.45, 2.75) is 0 Å². The summed E-state index contributed by atoms with van der Waals surface area (Å²) in [5, 5.41) is 27.8. The quantitative estimate of drug-likeness (QED) is 0.164. The molecule has 0 spiro atoms. The van der Waals surface area contributed by atoms with Gasteiger partial charge < -0.3 is 19.5 Å². The van der Waals surface area contributed by atoms with Crippen molar-refractivity contribution < 1.29 is 19.5 Å². The lowest BCUT2D eigenvalue weighted by Gasteiger charge is -2.11. The van der Waals surface area contributed by atoms with E-state index in [4.69, 9.17) is 19.5 Å². The van der Waals surface area contributed by atoms with E-state index in [2.05, 4.69) is 162 Å². The molecule has 0 aliphatic rings. The van der Waals surface area contributed by atoms with E-state index in [1.54, 1.807) is 26.4 Å². The van der Waals surface area contributed by atoms with E-state index in [0.29, 0.717) is 5.46 Å². The molecule has 292 valence electrons. The zero-order chi connectivity index (χ0) is 41.4. The summed E-state index contributed by atoms with van der Waals surface area (Å²) < 4.78 is 11.9. The van der Waals surface area contributed by atoms with Gasteiger partial charge in [0.05, 0.1) is 14.2 Å². The molecule has 6 heteroatoms. The molecule has 0 saturated heterocycles. The Morgan fingerprint density at radius 2 is 0.767 bits per heavy atom. The molecule has 4 nitrogen and oxygen atoms in total. The number of benzene rings is 10. The predicted octanol–water partition coefficient (Wildman–Crippen LogP) is 13.1. The van der Waals surface area contributed by atoms with Crippen molar-refractivity contribution in [3.63, 3.8) is 0 Å². The SMILES string of the molecule is COc1ccc(-c2ccc(-c3ccc4ccccc4c3)cc2)c2ccccc12.COc1ccc(Br)c2ccccc12.OB(O)c1ccc(-c2ccc3ccccc3c2)cc1. The van der Waals surface area contributed by atoms with Gasteiger partial charge in [0.1, 0.15) is 11.5 Å². The zero-order valence-electron chi connectivity index (χ0n) is 33.3. The summed E-state index contributed by atoms with van der Waals surface area (Å²) in [6.45, 7) is 0. The average Bonchev–Trinajstić information content (AvgIpc) is 3.31. The molecule has 0 atom stereocenters. The molecule has 0 amide bonds. The Bertz CT molecular complexity index is 3050. The second-order valence-electron chi connectivity index (χ2n) is 14.4. The molecular weight excluding hydrogens is 803 g/mol. The highest BCUT2D eigenvalue weighted by atomic mass is 79.9. The number of rotatable bonds is 6. The van der Waals surface area contributed by atoms with Crippen LogP contribution >= 0.6 is 15.9 Å². The minimum Gasteiger partial charge on any atom is -0.496 e. The molecule has 0 heterocycles. The fourth-order valence-electron chi connectivity index (χ4n) is 7.54.